The summed E-state index contributed by atoms with van der Waals surface area (Å²) in [7, 11) is 0. The second-order valence-electron chi connectivity index (χ2n) is 3.43. The van der Waals surface area contributed by atoms with E-state index >= 15 is 0 Å². The van der Waals surface area contributed by atoms with Crippen molar-refractivity contribution in [3.05, 3.63) is 21.9 Å². The lowest BCUT2D eigenvalue weighted by molar-refractivity contribution is 0.0953. The largest absolute Gasteiger partial charge is 0.352 e. The molecule has 3 nitrogen and oxygen atoms in total. The van der Waals surface area contributed by atoms with E-state index in [0.29, 0.717) is 0 Å². The van der Waals surface area contributed by atoms with Crippen LogP contribution < -0.4 is 10.6 Å². The molecule has 0 spiro atoms. The second-order valence-corrected chi connectivity index (χ2v) is 4.18. The Balaban J connectivity index is 2.22. The monoisotopic (exact) mass is 226 g/mol. The number of rotatable bonds is 6. The van der Waals surface area contributed by atoms with Crippen molar-refractivity contribution in [3.63, 3.8) is 0 Å². The lowest BCUT2D eigenvalue weighted by Gasteiger charge is -2.04. The van der Waals surface area contributed by atoms with E-state index < -0.39 is 0 Å². The van der Waals surface area contributed by atoms with Crippen molar-refractivity contribution in [1.82, 2.24) is 10.6 Å². The SMILES string of the molecule is CCNCCCNC(=O)c1cscc1C. The molecule has 0 aliphatic carbocycles. The van der Waals surface area contributed by atoms with E-state index in [1.807, 2.05) is 17.7 Å². The van der Waals surface area contributed by atoms with Crippen LogP contribution in [0.25, 0.3) is 0 Å². The Morgan fingerprint density at radius 3 is 2.80 bits per heavy atom. The first-order chi connectivity index (χ1) is 7.25. The van der Waals surface area contributed by atoms with Gasteiger partial charge in [0.25, 0.3) is 5.91 Å². The smallest absolute Gasteiger partial charge is 0.252 e. The molecule has 15 heavy (non-hydrogen) atoms. The van der Waals surface area contributed by atoms with Crippen LogP contribution in [0.3, 0.4) is 0 Å². The second kappa shape index (κ2) is 6.58. The zero-order valence-electron chi connectivity index (χ0n) is 9.30. The quantitative estimate of drug-likeness (QED) is 0.726. The standard InChI is InChI=1S/C11H18N2OS/c1-3-12-5-4-6-13-11(14)10-8-15-7-9(10)2/h7-8,12H,3-6H2,1-2H3,(H,13,14). The maximum absolute atomic E-state index is 11.6. The van der Waals surface area contributed by atoms with Gasteiger partial charge in [0.05, 0.1) is 5.56 Å². The van der Waals surface area contributed by atoms with E-state index in [1.165, 1.54) is 0 Å². The highest BCUT2D eigenvalue weighted by Crippen LogP contribution is 2.12. The number of nitrogens with one attached hydrogen (secondary N) is 2. The van der Waals surface area contributed by atoms with Gasteiger partial charge in [0.2, 0.25) is 0 Å². The molecule has 0 bridgehead atoms. The van der Waals surface area contributed by atoms with Crippen molar-refractivity contribution in [3.8, 4) is 0 Å². The zero-order chi connectivity index (χ0) is 11.1. The highest BCUT2D eigenvalue weighted by molar-refractivity contribution is 7.08. The van der Waals surface area contributed by atoms with Crippen molar-refractivity contribution in [1.29, 1.82) is 0 Å². The normalized spacial score (nSPS) is 10.3. The topological polar surface area (TPSA) is 41.1 Å². The minimum atomic E-state index is 0.0465. The first-order valence-electron chi connectivity index (χ1n) is 5.27. The van der Waals surface area contributed by atoms with Crippen LogP contribution in [0.4, 0.5) is 0 Å². The summed E-state index contributed by atoms with van der Waals surface area (Å²) < 4.78 is 0. The van der Waals surface area contributed by atoms with Gasteiger partial charge in [0.15, 0.2) is 0 Å². The molecule has 0 aliphatic heterocycles. The number of carbonyl (C=O) groups excluding carboxylic acids is 1. The Labute approximate surface area is 94.9 Å². The fraction of sp³-hybridized carbons (Fsp3) is 0.545. The van der Waals surface area contributed by atoms with Crippen LogP contribution in [-0.2, 0) is 0 Å². The van der Waals surface area contributed by atoms with Crippen molar-refractivity contribution < 1.29 is 4.79 Å². The molecular formula is C11H18N2OS. The van der Waals surface area contributed by atoms with Gasteiger partial charge in [-0.25, -0.2) is 0 Å². The molecule has 1 amide bonds. The van der Waals surface area contributed by atoms with Crippen LogP contribution in [0.1, 0.15) is 29.3 Å². The minimum absolute atomic E-state index is 0.0465. The first-order valence-corrected chi connectivity index (χ1v) is 6.21. The van der Waals surface area contributed by atoms with Gasteiger partial charge >= 0.3 is 0 Å². The van der Waals surface area contributed by atoms with Crippen LogP contribution in [-0.4, -0.2) is 25.5 Å². The minimum Gasteiger partial charge on any atom is -0.352 e. The summed E-state index contributed by atoms with van der Waals surface area (Å²) >= 11 is 1.57. The van der Waals surface area contributed by atoms with Gasteiger partial charge in [-0.2, -0.15) is 11.3 Å². The summed E-state index contributed by atoms with van der Waals surface area (Å²) in [6.45, 7) is 6.72. The third kappa shape index (κ3) is 4.01. The highest BCUT2D eigenvalue weighted by Gasteiger charge is 2.07. The predicted octanol–water partition coefficient (Wildman–Crippen LogP) is 1.79. The van der Waals surface area contributed by atoms with Crippen molar-refractivity contribution in [2.75, 3.05) is 19.6 Å². The van der Waals surface area contributed by atoms with Crippen LogP contribution in [0.5, 0.6) is 0 Å². The Hall–Kier alpha value is -0.870. The Morgan fingerprint density at radius 2 is 2.20 bits per heavy atom. The van der Waals surface area contributed by atoms with Gasteiger partial charge in [0, 0.05) is 11.9 Å². The number of hydrogen-bond donors (Lipinski definition) is 2. The van der Waals surface area contributed by atoms with Gasteiger partial charge in [-0.1, -0.05) is 6.92 Å². The molecule has 0 radical (unpaired) electrons. The van der Waals surface area contributed by atoms with Crippen molar-refractivity contribution in [2.45, 2.75) is 20.3 Å². The molecule has 0 unspecified atom stereocenters. The van der Waals surface area contributed by atoms with E-state index in [2.05, 4.69) is 17.6 Å². The maximum atomic E-state index is 11.6. The Morgan fingerprint density at radius 1 is 1.40 bits per heavy atom. The fourth-order valence-corrected chi connectivity index (χ4v) is 2.11. The van der Waals surface area contributed by atoms with Crippen LogP contribution >= 0.6 is 11.3 Å². The molecule has 1 heterocycles. The number of carbonyl (C=O) groups is 1. The molecule has 0 aromatic carbocycles. The van der Waals surface area contributed by atoms with Gasteiger partial charge in [0.1, 0.15) is 0 Å². The third-order valence-corrected chi connectivity index (χ3v) is 3.03. The zero-order valence-corrected chi connectivity index (χ0v) is 10.1. The number of amides is 1. The molecule has 0 saturated heterocycles. The van der Waals surface area contributed by atoms with Crippen LogP contribution in [0, 0.1) is 6.92 Å². The summed E-state index contributed by atoms with van der Waals surface area (Å²) in [4.78, 5) is 11.6. The summed E-state index contributed by atoms with van der Waals surface area (Å²) in [5, 5.41) is 10.0. The first kappa shape index (κ1) is 12.2. The van der Waals surface area contributed by atoms with E-state index in [-0.39, 0.29) is 5.91 Å². The number of thiophene rings is 1. The maximum Gasteiger partial charge on any atom is 0.252 e. The molecule has 2 N–H and O–H groups in total. The summed E-state index contributed by atoms with van der Waals surface area (Å²) in [6, 6.07) is 0. The molecule has 0 aliphatic rings. The molecule has 0 saturated carbocycles. The molecule has 0 fully saturated rings. The third-order valence-electron chi connectivity index (χ3n) is 2.17. The van der Waals surface area contributed by atoms with Crippen molar-refractivity contribution >= 4 is 17.2 Å². The summed E-state index contributed by atoms with van der Waals surface area (Å²) in [5.41, 5.74) is 1.87. The average Bonchev–Trinajstić information content (AvgIpc) is 2.64. The molecular weight excluding hydrogens is 208 g/mol. The average molecular weight is 226 g/mol. The van der Waals surface area contributed by atoms with E-state index in [1.54, 1.807) is 11.3 Å². The number of hydrogen-bond acceptors (Lipinski definition) is 3. The lowest BCUT2D eigenvalue weighted by Crippen LogP contribution is -2.27. The Bertz CT molecular complexity index is 309. The van der Waals surface area contributed by atoms with E-state index in [4.69, 9.17) is 0 Å². The molecule has 1 aromatic rings. The number of aryl methyl sites for hydroxylation is 1. The van der Waals surface area contributed by atoms with Crippen molar-refractivity contribution in [2.24, 2.45) is 0 Å². The van der Waals surface area contributed by atoms with Gasteiger partial charge in [-0.05, 0) is 37.4 Å². The molecule has 1 rings (SSSR count). The fourth-order valence-electron chi connectivity index (χ4n) is 1.28. The molecule has 84 valence electrons. The molecule has 1 aromatic heterocycles. The molecule has 4 heteroatoms. The summed E-state index contributed by atoms with van der Waals surface area (Å²) in [6.07, 6.45) is 0.975. The van der Waals surface area contributed by atoms with E-state index in [9.17, 15) is 4.79 Å². The van der Waals surface area contributed by atoms with Gasteiger partial charge in [-0.15, -0.1) is 0 Å². The predicted molar refractivity (Wildman–Crippen MR) is 64.5 cm³/mol. The van der Waals surface area contributed by atoms with Crippen LogP contribution in [0.2, 0.25) is 0 Å². The lowest BCUT2D eigenvalue weighted by atomic mass is 10.2. The Kier molecular flexibility index (Phi) is 5.36. The summed E-state index contributed by atoms with van der Waals surface area (Å²) in [5.74, 6) is 0.0465. The van der Waals surface area contributed by atoms with Gasteiger partial charge in [-0.3, -0.25) is 4.79 Å². The highest BCUT2D eigenvalue weighted by atomic mass is 32.1. The van der Waals surface area contributed by atoms with E-state index in [0.717, 1.165) is 37.2 Å². The molecule has 0 atom stereocenters. The van der Waals surface area contributed by atoms with Gasteiger partial charge < -0.3 is 10.6 Å². The van der Waals surface area contributed by atoms with Crippen LogP contribution in [0.15, 0.2) is 10.8 Å².